The van der Waals surface area contributed by atoms with Crippen LogP contribution in [-0.4, -0.2) is 11.9 Å². The predicted molar refractivity (Wildman–Crippen MR) is 91.7 cm³/mol. The van der Waals surface area contributed by atoms with E-state index in [0.29, 0.717) is 11.1 Å². The highest BCUT2D eigenvalue weighted by Crippen LogP contribution is 2.37. The van der Waals surface area contributed by atoms with Crippen molar-refractivity contribution in [2.45, 2.75) is 32.7 Å². The number of halogens is 1. The molecule has 0 saturated heterocycles. The Hall–Kier alpha value is -2.00. The smallest absolute Gasteiger partial charge is 0.153 e. The van der Waals surface area contributed by atoms with Crippen LogP contribution in [0.4, 0.5) is 5.69 Å². The number of nitrogens with one attached hydrogen (secondary N) is 1. The molecule has 1 heterocycles. The molecule has 3 nitrogen and oxygen atoms in total. The normalized spacial score (nSPS) is 12.8. The molecule has 0 radical (unpaired) electrons. The van der Waals surface area contributed by atoms with Crippen molar-refractivity contribution in [3.63, 3.8) is 0 Å². The molecule has 1 N–H and O–H groups in total. The van der Waals surface area contributed by atoms with E-state index in [0.717, 1.165) is 41.4 Å². The summed E-state index contributed by atoms with van der Waals surface area (Å²) in [5.74, 6) is 2.34. The minimum Gasteiger partial charge on any atom is -0.454 e. The lowest BCUT2D eigenvalue weighted by Gasteiger charge is -2.18. The predicted octanol–water partition coefficient (Wildman–Crippen LogP) is 5.30. The summed E-state index contributed by atoms with van der Waals surface area (Å²) in [7, 11) is 0. The van der Waals surface area contributed by atoms with E-state index in [1.54, 1.807) is 0 Å². The first-order valence-corrected chi connectivity index (χ1v) is 8.01. The number of ether oxygens (including phenoxy) is 1. The second kappa shape index (κ2) is 6.41. The summed E-state index contributed by atoms with van der Waals surface area (Å²) in [6.45, 7) is 4.34. The van der Waals surface area contributed by atoms with Gasteiger partial charge in [0.05, 0.1) is 5.56 Å². The molecule has 3 rings (SSSR count). The quantitative estimate of drug-likeness (QED) is 0.833. The number of hydrogen-bond donors (Lipinski definition) is 1. The minimum absolute atomic E-state index is 0.371. The molecule has 0 amide bonds. The average molecular weight is 315 g/mol. The molecule has 0 spiro atoms. The summed E-state index contributed by atoms with van der Waals surface area (Å²) in [6, 6.07) is 13.8. The van der Waals surface area contributed by atoms with Crippen LogP contribution in [0, 0.1) is 0 Å². The molecule has 1 aliphatic heterocycles. The van der Waals surface area contributed by atoms with Gasteiger partial charge in [-0.25, -0.2) is 4.99 Å². The zero-order valence-corrected chi connectivity index (χ0v) is 13.5. The summed E-state index contributed by atoms with van der Waals surface area (Å²) < 4.78 is 6.02. The lowest BCUT2D eigenvalue weighted by molar-refractivity contribution is 0.484. The summed E-state index contributed by atoms with van der Waals surface area (Å²) >= 11 is 6.17. The van der Waals surface area contributed by atoms with Crippen LogP contribution in [-0.2, 0) is 0 Å². The standard InChI is InChI=1S/C18H19ClN2O/c1-3-13(4-2)20-18-14-11-12(19)9-10-16(14)22-17-8-6-5-7-15(17)21-18/h5-11,13H,3-4H2,1-2H3,(H,20,21). The van der Waals surface area contributed by atoms with Gasteiger partial charge in [0.25, 0.3) is 0 Å². The number of benzene rings is 2. The van der Waals surface area contributed by atoms with Crippen molar-refractivity contribution in [2.75, 3.05) is 0 Å². The van der Waals surface area contributed by atoms with Crippen molar-refractivity contribution in [1.29, 1.82) is 0 Å². The Bertz CT molecular complexity index is 708. The third-order valence-corrected chi connectivity index (χ3v) is 4.08. The molecule has 0 atom stereocenters. The topological polar surface area (TPSA) is 33.6 Å². The van der Waals surface area contributed by atoms with Gasteiger partial charge in [-0.3, -0.25) is 0 Å². The fourth-order valence-corrected chi connectivity index (χ4v) is 2.68. The first-order valence-electron chi connectivity index (χ1n) is 7.63. The first-order chi connectivity index (χ1) is 10.7. The van der Waals surface area contributed by atoms with Crippen molar-refractivity contribution < 1.29 is 4.74 Å². The van der Waals surface area contributed by atoms with Gasteiger partial charge in [0.1, 0.15) is 17.3 Å². The highest BCUT2D eigenvalue weighted by Gasteiger charge is 2.20. The van der Waals surface area contributed by atoms with Gasteiger partial charge in [-0.05, 0) is 43.2 Å². The van der Waals surface area contributed by atoms with E-state index in [1.807, 2.05) is 42.5 Å². The molecule has 22 heavy (non-hydrogen) atoms. The average Bonchev–Trinajstić information content (AvgIpc) is 2.69. The highest BCUT2D eigenvalue weighted by molar-refractivity contribution is 6.31. The highest BCUT2D eigenvalue weighted by atomic mass is 35.5. The lowest BCUT2D eigenvalue weighted by atomic mass is 10.1. The molecule has 0 fully saturated rings. The summed E-state index contributed by atoms with van der Waals surface area (Å²) in [5.41, 5.74) is 1.72. The maximum absolute atomic E-state index is 6.17. The zero-order chi connectivity index (χ0) is 15.5. The lowest BCUT2D eigenvalue weighted by Crippen LogP contribution is -2.34. The SMILES string of the molecule is CCC(CC)NC1=Nc2ccccc2Oc2ccc(Cl)cc21. The second-order valence-electron chi connectivity index (χ2n) is 5.33. The Morgan fingerprint density at radius 1 is 1.09 bits per heavy atom. The second-order valence-corrected chi connectivity index (χ2v) is 5.76. The monoisotopic (exact) mass is 314 g/mol. The number of fused-ring (bicyclic) bond motifs is 2. The van der Waals surface area contributed by atoms with E-state index in [4.69, 9.17) is 21.3 Å². The molecule has 4 heteroatoms. The van der Waals surface area contributed by atoms with Crippen molar-refractivity contribution in [1.82, 2.24) is 5.32 Å². The molecule has 0 aliphatic carbocycles. The van der Waals surface area contributed by atoms with E-state index in [1.165, 1.54) is 0 Å². The molecule has 2 aromatic rings. The fourth-order valence-electron chi connectivity index (χ4n) is 2.51. The van der Waals surface area contributed by atoms with Gasteiger partial charge in [0.2, 0.25) is 0 Å². The molecule has 0 bridgehead atoms. The van der Waals surface area contributed by atoms with Crippen LogP contribution < -0.4 is 10.1 Å². The third-order valence-electron chi connectivity index (χ3n) is 3.84. The largest absolute Gasteiger partial charge is 0.454 e. The van der Waals surface area contributed by atoms with E-state index in [9.17, 15) is 0 Å². The molecule has 1 aliphatic rings. The van der Waals surface area contributed by atoms with Gasteiger partial charge < -0.3 is 10.1 Å². The Morgan fingerprint density at radius 3 is 2.64 bits per heavy atom. The van der Waals surface area contributed by atoms with Crippen LogP contribution in [0.3, 0.4) is 0 Å². The molecule has 114 valence electrons. The van der Waals surface area contributed by atoms with Gasteiger partial charge in [0, 0.05) is 11.1 Å². The van der Waals surface area contributed by atoms with Crippen LogP contribution in [0.5, 0.6) is 11.5 Å². The first kappa shape index (κ1) is 14.9. The van der Waals surface area contributed by atoms with Gasteiger partial charge >= 0.3 is 0 Å². The van der Waals surface area contributed by atoms with E-state index in [2.05, 4.69) is 19.2 Å². The van der Waals surface area contributed by atoms with E-state index >= 15 is 0 Å². The summed E-state index contributed by atoms with van der Waals surface area (Å²) in [4.78, 5) is 4.78. The molecule has 0 saturated carbocycles. The number of nitrogens with zero attached hydrogens (tertiary/aromatic N) is 1. The van der Waals surface area contributed by atoms with Gasteiger partial charge in [-0.15, -0.1) is 0 Å². The van der Waals surface area contributed by atoms with Crippen molar-refractivity contribution in [3.05, 3.63) is 53.1 Å². The maximum Gasteiger partial charge on any atom is 0.153 e. The Balaban J connectivity index is 2.11. The zero-order valence-electron chi connectivity index (χ0n) is 12.8. The molecular weight excluding hydrogens is 296 g/mol. The molecule has 2 aromatic carbocycles. The van der Waals surface area contributed by atoms with Gasteiger partial charge in [-0.2, -0.15) is 0 Å². The minimum atomic E-state index is 0.371. The van der Waals surface area contributed by atoms with Gasteiger partial charge in [-0.1, -0.05) is 37.6 Å². The van der Waals surface area contributed by atoms with Crippen molar-refractivity contribution in [2.24, 2.45) is 4.99 Å². The van der Waals surface area contributed by atoms with Crippen molar-refractivity contribution >= 4 is 23.1 Å². The van der Waals surface area contributed by atoms with Crippen LogP contribution >= 0.6 is 11.6 Å². The van der Waals surface area contributed by atoms with E-state index < -0.39 is 0 Å². The molecule has 0 unspecified atom stereocenters. The molecular formula is C18H19ClN2O. The van der Waals surface area contributed by atoms with Crippen LogP contribution in [0.15, 0.2) is 47.5 Å². The van der Waals surface area contributed by atoms with Crippen LogP contribution in [0.1, 0.15) is 32.3 Å². The third kappa shape index (κ3) is 2.95. The Labute approximate surface area is 136 Å². The fraction of sp³-hybridized carbons (Fsp3) is 0.278. The number of para-hydroxylation sites is 2. The van der Waals surface area contributed by atoms with E-state index in [-0.39, 0.29) is 0 Å². The number of aliphatic imine (C=N–C) groups is 1. The van der Waals surface area contributed by atoms with Crippen LogP contribution in [0.2, 0.25) is 5.02 Å². The van der Waals surface area contributed by atoms with Crippen LogP contribution in [0.25, 0.3) is 0 Å². The van der Waals surface area contributed by atoms with Crippen molar-refractivity contribution in [3.8, 4) is 11.5 Å². The Morgan fingerprint density at radius 2 is 1.86 bits per heavy atom. The Kier molecular flexibility index (Phi) is 4.34. The number of hydrogen-bond acceptors (Lipinski definition) is 3. The van der Waals surface area contributed by atoms with Gasteiger partial charge in [0.15, 0.2) is 5.75 Å². The molecule has 0 aromatic heterocycles. The summed E-state index contributed by atoms with van der Waals surface area (Å²) in [5, 5.41) is 4.20. The maximum atomic E-state index is 6.17. The number of amidine groups is 1. The summed E-state index contributed by atoms with van der Waals surface area (Å²) in [6.07, 6.45) is 2.07. The number of rotatable bonds is 3.